The van der Waals surface area contributed by atoms with Gasteiger partial charge >= 0.3 is 18.7 Å². The van der Waals surface area contributed by atoms with Crippen LogP contribution in [0.3, 0.4) is 0 Å². The first-order valence-electron chi connectivity index (χ1n) is 7.75. The molecule has 0 unspecified atom stereocenters. The van der Waals surface area contributed by atoms with Gasteiger partial charge in [-0.1, -0.05) is 36.4 Å². The number of hydrogen-bond donors (Lipinski definition) is 0. The zero-order valence-electron chi connectivity index (χ0n) is 13.8. The number of benzene rings is 3. The second kappa shape index (κ2) is 7.39. The van der Waals surface area contributed by atoms with Crippen LogP contribution in [-0.2, 0) is 4.57 Å². The summed E-state index contributed by atoms with van der Waals surface area (Å²) in [5.74, 6) is -0.0941. The molecule has 9 heteroatoms. The summed E-state index contributed by atoms with van der Waals surface area (Å²) >= 11 is 0. The lowest BCUT2D eigenvalue weighted by Gasteiger charge is -2.20. The number of nitro groups is 2. The van der Waals surface area contributed by atoms with E-state index in [4.69, 9.17) is 4.52 Å². The highest BCUT2D eigenvalue weighted by Crippen LogP contribution is 2.46. The fourth-order valence-corrected chi connectivity index (χ4v) is 4.56. The van der Waals surface area contributed by atoms with Crippen molar-refractivity contribution in [3.05, 3.63) is 99.1 Å². The molecule has 0 heterocycles. The Morgan fingerprint density at radius 1 is 0.704 bits per heavy atom. The van der Waals surface area contributed by atoms with Crippen LogP contribution in [0.1, 0.15) is 0 Å². The van der Waals surface area contributed by atoms with E-state index < -0.39 is 28.6 Å². The Bertz CT molecular complexity index is 997. The monoisotopic (exact) mass is 384 g/mol. The first kappa shape index (κ1) is 18.3. The highest BCUT2D eigenvalue weighted by Gasteiger charge is 2.32. The Kier molecular flexibility index (Phi) is 5.00. The van der Waals surface area contributed by atoms with Crippen molar-refractivity contribution in [3.63, 3.8) is 0 Å². The van der Waals surface area contributed by atoms with E-state index in [-0.39, 0.29) is 5.75 Å². The summed E-state index contributed by atoms with van der Waals surface area (Å²) in [6, 6.07) is 19.9. The van der Waals surface area contributed by atoms with Crippen molar-refractivity contribution in [2.75, 3.05) is 0 Å². The normalized spacial score (nSPS) is 11.0. The molecule has 8 nitrogen and oxygen atoms in total. The first-order valence-corrected chi connectivity index (χ1v) is 9.38. The largest absolute Gasteiger partial charge is 0.437 e. The molecule has 0 aliphatic rings. The molecule has 0 N–H and O–H groups in total. The summed E-state index contributed by atoms with van der Waals surface area (Å²) in [5.41, 5.74) is -1.40. The van der Waals surface area contributed by atoms with Crippen LogP contribution in [0.25, 0.3) is 0 Å². The Morgan fingerprint density at radius 3 is 1.63 bits per heavy atom. The van der Waals surface area contributed by atoms with Crippen molar-refractivity contribution in [2.45, 2.75) is 0 Å². The van der Waals surface area contributed by atoms with Crippen LogP contribution in [0.15, 0.2) is 78.9 Å². The van der Waals surface area contributed by atoms with Crippen LogP contribution in [-0.4, -0.2) is 9.85 Å². The molecule has 0 saturated heterocycles. The SMILES string of the molecule is O=[N+]([O-])c1ccc(OP(=O)(c2ccccc2)c2ccccc2)cc1[N+](=O)[O-]. The van der Waals surface area contributed by atoms with Crippen LogP contribution in [0.2, 0.25) is 0 Å². The van der Waals surface area contributed by atoms with Gasteiger partial charge < -0.3 is 4.52 Å². The molecule has 0 spiro atoms. The molecule has 0 bridgehead atoms. The van der Waals surface area contributed by atoms with Gasteiger partial charge in [0.25, 0.3) is 0 Å². The second-order valence-corrected chi connectivity index (χ2v) is 7.80. The fraction of sp³-hybridized carbons (Fsp3) is 0. The van der Waals surface area contributed by atoms with Crippen LogP contribution in [0.4, 0.5) is 11.4 Å². The number of rotatable bonds is 6. The van der Waals surface area contributed by atoms with Crippen molar-refractivity contribution in [1.82, 2.24) is 0 Å². The van der Waals surface area contributed by atoms with Crippen molar-refractivity contribution in [3.8, 4) is 5.75 Å². The van der Waals surface area contributed by atoms with E-state index in [1.54, 1.807) is 60.7 Å². The van der Waals surface area contributed by atoms with Crippen LogP contribution in [0, 0.1) is 20.2 Å². The second-order valence-electron chi connectivity index (χ2n) is 5.48. The van der Waals surface area contributed by atoms with E-state index in [1.165, 1.54) is 6.07 Å². The van der Waals surface area contributed by atoms with Gasteiger partial charge in [0.1, 0.15) is 5.75 Å². The topological polar surface area (TPSA) is 113 Å². The van der Waals surface area contributed by atoms with Crippen LogP contribution >= 0.6 is 7.37 Å². The Balaban J connectivity index is 2.11. The van der Waals surface area contributed by atoms with Gasteiger partial charge in [-0.05, 0) is 30.3 Å². The molecule has 0 aliphatic heterocycles. The lowest BCUT2D eigenvalue weighted by Crippen LogP contribution is -2.20. The molecule has 0 aliphatic carbocycles. The third-order valence-electron chi connectivity index (χ3n) is 3.77. The van der Waals surface area contributed by atoms with Gasteiger partial charge in [0.15, 0.2) is 0 Å². The fourth-order valence-electron chi connectivity index (χ4n) is 2.51. The van der Waals surface area contributed by atoms with Crippen molar-refractivity contribution >= 4 is 29.4 Å². The van der Waals surface area contributed by atoms with E-state index in [0.29, 0.717) is 10.6 Å². The average Bonchev–Trinajstić information content (AvgIpc) is 2.69. The van der Waals surface area contributed by atoms with Crippen molar-refractivity contribution < 1.29 is 18.9 Å². The first-order chi connectivity index (χ1) is 12.9. The van der Waals surface area contributed by atoms with Gasteiger partial charge in [-0.25, -0.2) is 0 Å². The molecule has 3 aromatic carbocycles. The number of nitro benzene ring substituents is 2. The van der Waals surface area contributed by atoms with Crippen LogP contribution < -0.4 is 15.1 Å². The number of nitrogens with zero attached hydrogens (tertiary/aromatic N) is 2. The van der Waals surface area contributed by atoms with E-state index in [0.717, 1.165) is 12.1 Å². The molecule has 3 aromatic rings. The van der Waals surface area contributed by atoms with Gasteiger partial charge in [-0.3, -0.25) is 24.8 Å². The lowest BCUT2D eigenvalue weighted by molar-refractivity contribution is -0.422. The molecule has 136 valence electrons. The summed E-state index contributed by atoms with van der Waals surface area (Å²) < 4.78 is 19.5. The van der Waals surface area contributed by atoms with Crippen molar-refractivity contribution in [2.24, 2.45) is 0 Å². The third-order valence-corrected chi connectivity index (χ3v) is 6.19. The minimum absolute atomic E-state index is 0.0941. The molecule has 0 saturated carbocycles. The standard InChI is InChI=1S/C18H13N2O6P/c21-19(22)17-12-11-14(13-18(17)20(23)24)26-27(25,15-7-3-1-4-8-15)16-9-5-2-6-10-16/h1-13H. The maximum Gasteiger partial charge on any atom is 0.349 e. The Hall–Kier alpha value is -3.51. The molecular weight excluding hydrogens is 371 g/mol. The molecule has 0 fully saturated rings. The number of hydrogen-bond acceptors (Lipinski definition) is 6. The van der Waals surface area contributed by atoms with Gasteiger partial charge in [-0.2, -0.15) is 0 Å². The third kappa shape index (κ3) is 3.70. The lowest BCUT2D eigenvalue weighted by atomic mass is 10.2. The van der Waals surface area contributed by atoms with E-state index in [2.05, 4.69) is 0 Å². The smallest absolute Gasteiger partial charge is 0.349 e. The van der Waals surface area contributed by atoms with Gasteiger partial charge in [0.05, 0.1) is 26.5 Å². The molecule has 3 rings (SSSR count). The maximum absolute atomic E-state index is 13.8. The predicted molar refractivity (Wildman–Crippen MR) is 100 cm³/mol. The highest BCUT2D eigenvalue weighted by atomic mass is 31.2. The summed E-state index contributed by atoms with van der Waals surface area (Å²) in [6.45, 7) is 0. The molecule has 0 amide bonds. The molecule has 0 radical (unpaired) electrons. The minimum atomic E-state index is -3.63. The molecule has 27 heavy (non-hydrogen) atoms. The van der Waals surface area contributed by atoms with Gasteiger partial charge in [0.2, 0.25) is 0 Å². The molecular formula is C18H13N2O6P. The summed E-state index contributed by atoms with van der Waals surface area (Å²) in [5, 5.41) is 22.9. The zero-order valence-corrected chi connectivity index (χ0v) is 14.7. The van der Waals surface area contributed by atoms with Crippen LogP contribution in [0.5, 0.6) is 5.75 Å². The minimum Gasteiger partial charge on any atom is -0.437 e. The van der Waals surface area contributed by atoms with Crippen molar-refractivity contribution in [1.29, 1.82) is 0 Å². The Morgan fingerprint density at radius 2 is 1.19 bits per heavy atom. The van der Waals surface area contributed by atoms with Gasteiger partial charge in [0, 0.05) is 6.07 Å². The van der Waals surface area contributed by atoms with E-state index in [9.17, 15) is 24.8 Å². The predicted octanol–water partition coefficient (Wildman–Crippen LogP) is 3.81. The average molecular weight is 384 g/mol. The summed E-state index contributed by atoms with van der Waals surface area (Å²) in [4.78, 5) is 20.4. The van der Waals surface area contributed by atoms with E-state index >= 15 is 0 Å². The molecule has 0 aromatic heterocycles. The molecule has 0 atom stereocenters. The maximum atomic E-state index is 13.8. The quantitative estimate of drug-likeness (QED) is 0.363. The van der Waals surface area contributed by atoms with E-state index in [1.807, 2.05) is 0 Å². The highest BCUT2D eigenvalue weighted by molar-refractivity contribution is 7.74. The zero-order chi connectivity index (χ0) is 19.4. The van der Waals surface area contributed by atoms with Gasteiger partial charge in [-0.15, -0.1) is 0 Å². The summed E-state index contributed by atoms with van der Waals surface area (Å²) in [6.07, 6.45) is 0. The Labute approximate surface area is 153 Å². The summed E-state index contributed by atoms with van der Waals surface area (Å²) in [7, 11) is -3.63.